The Morgan fingerprint density at radius 3 is 2.26 bits per heavy atom. The molecule has 0 aromatic heterocycles. The number of carbonyl (C=O) groups is 3. The molecule has 1 aromatic rings. The summed E-state index contributed by atoms with van der Waals surface area (Å²) in [6.45, 7) is 10.9. The lowest BCUT2D eigenvalue weighted by molar-refractivity contribution is -0.292. The van der Waals surface area contributed by atoms with Gasteiger partial charge in [-0.15, -0.1) is 0 Å². The highest BCUT2D eigenvalue weighted by Crippen LogP contribution is 2.54. The number of imide groups is 1. The average molecular weight is 860 g/mol. The molecule has 1 aromatic carbocycles. The van der Waals surface area contributed by atoms with E-state index in [2.05, 4.69) is 20.1 Å². The number of hydrogen-bond acceptors (Lipinski definition) is 13. The number of hydrogen-bond donors (Lipinski definition) is 1. The Bertz CT molecular complexity index is 1940. The topological polar surface area (TPSA) is 158 Å². The minimum absolute atomic E-state index is 0.0119. The van der Waals surface area contributed by atoms with Gasteiger partial charge in [-0.25, -0.2) is 0 Å². The zero-order valence-corrected chi connectivity index (χ0v) is 35.8. The van der Waals surface area contributed by atoms with Crippen molar-refractivity contribution >= 4 is 17.6 Å². The van der Waals surface area contributed by atoms with Gasteiger partial charge >= 0.3 is 0 Å². The standard InChI is InChI=1S/C48H61NO13/c1-23-15-28-9-11-34-24(2)16-30(55-34)13-14-48-21-39-42(61-48)43-44(60-39)45(62-48)41-35(59-43)12-10-29(57-41)17-26(50)18-33-37(20-36(56-28)25(23)3)58-38(40(33)54-4)19-27(51)22-49-46(52)31-7-5-6-8-32(31)47(49)53/h5-8,23,27-30,33-45,51H,2-3,9-22H2,1,4H3/t23-,27+,28+,29?,30+,33+,34?,35+,36?,37+,38?,39+,40-,41+,42+,43+,44-,45+,48?/m1/s1. The molecule has 19 atom stereocenters. The summed E-state index contributed by atoms with van der Waals surface area (Å²) < 4.78 is 60.5. The average Bonchev–Trinajstić information content (AvgIpc) is 3.98. The minimum Gasteiger partial charge on any atom is -0.391 e. The second kappa shape index (κ2) is 16.2. The second-order valence-electron chi connectivity index (χ2n) is 20.0. The van der Waals surface area contributed by atoms with Gasteiger partial charge in [0.15, 0.2) is 5.79 Å². The summed E-state index contributed by atoms with van der Waals surface area (Å²) in [5.74, 6) is -1.81. The SMILES string of the molecule is C=C1C[C@@H]2CCC34C[C@@H]5O[C@@H]6[C@@H](O[C@H]7CCC(CC(=O)C[C@H]8[C@H](CC9O[C@@H](CCC1O2)C[C@@H](C)C9=C)OC(C[C@H](O)CN1C(=O)c2ccccc2C1=O)[C@@H]8OC)O[C@@H]7[C@@H]6O3)[C@H]5O4. The monoisotopic (exact) mass is 859 g/mol. The van der Waals surface area contributed by atoms with Crippen molar-refractivity contribution in [2.45, 2.75) is 194 Å². The summed E-state index contributed by atoms with van der Waals surface area (Å²) in [5, 5.41) is 11.5. The first-order chi connectivity index (χ1) is 29.9. The molecule has 0 aliphatic carbocycles. The van der Waals surface area contributed by atoms with Crippen LogP contribution in [0.25, 0.3) is 0 Å². The summed E-state index contributed by atoms with van der Waals surface area (Å²) in [5.41, 5.74) is 2.76. The first-order valence-corrected chi connectivity index (χ1v) is 23.3. The predicted molar refractivity (Wildman–Crippen MR) is 219 cm³/mol. The van der Waals surface area contributed by atoms with E-state index in [1.165, 1.54) is 0 Å². The summed E-state index contributed by atoms with van der Waals surface area (Å²) in [6.07, 6.45) is 2.42. The van der Waals surface area contributed by atoms with E-state index in [0.717, 1.165) is 54.6 Å². The predicted octanol–water partition coefficient (Wildman–Crippen LogP) is 4.78. The summed E-state index contributed by atoms with van der Waals surface area (Å²) in [7, 11) is 1.61. The van der Waals surface area contributed by atoms with Gasteiger partial charge in [0, 0.05) is 51.6 Å². The van der Waals surface area contributed by atoms with Gasteiger partial charge in [-0.3, -0.25) is 19.3 Å². The number of ether oxygens (including phenoxy) is 9. The van der Waals surface area contributed by atoms with Crippen molar-refractivity contribution in [2.24, 2.45) is 11.8 Å². The van der Waals surface area contributed by atoms with Crippen LogP contribution in [-0.2, 0) is 47.4 Å². The molecule has 0 radical (unpaired) electrons. The minimum atomic E-state index is -1.09. The number of aliphatic hydroxyl groups excluding tert-OH is 1. The van der Waals surface area contributed by atoms with Crippen LogP contribution < -0.4 is 0 Å². The van der Waals surface area contributed by atoms with Crippen LogP contribution in [0, 0.1) is 11.8 Å². The Morgan fingerprint density at radius 1 is 0.758 bits per heavy atom. The van der Waals surface area contributed by atoms with E-state index >= 15 is 0 Å². The largest absolute Gasteiger partial charge is 0.391 e. The van der Waals surface area contributed by atoms with Crippen molar-refractivity contribution in [1.29, 1.82) is 0 Å². The Hall–Kier alpha value is -2.89. The smallest absolute Gasteiger partial charge is 0.261 e. The number of amides is 2. The normalized spacial score (nSPS) is 46.8. The van der Waals surface area contributed by atoms with E-state index in [4.69, 9.17) is 42.6 Å². The molecule has 12 rings (SSSR count). The molecule has 5 unspecified atom stereocenters. The van der Waals surface area contributed by atoms with Crippen LogP contribution in [0.2, 0.25) is 0 Å². The third kappa shape index (κ3) is 7.28. The number of β-amino-alcohol motifs (C(OH)–C–C–N with tert-alkyl or cyclic N) is 1. The molecule has 11 aliphatic heterocycles. The summed E-state index contributed by atoms with van der Waals surface area (Å²) >= 11 is 0. The van der Waals surface area contributed by atoms with Gasteiger partial charge in [-0.05, 0) is 74.1 Å². The first kappa shape index (κ1) is 41.8. The number of benzene rings is 1. The second-order valence-corrected chi connectivity index (χ2v) is 20.0. The fourth-order valence-corrected chi connectivity index (χ4v) is 12.9. The third-order valence-corrected chi connectivity index (χ3v) is 16.0. The number of nitrogens with zero attached hydrogens (tertiary/aromatic N) is 1. The van der Waals surface area contributed by atoms with E-state index in [-0.39, 0.29) is 111 Å². The number of fused-ring (bicyclic) bond motifs is 7. The summed E-state index contributed by atoms with van der Waals surface area (Å²) in [6, 6.07) is 6.69. The van der Waals surface area contributed by atoms with Crippen molar-refractivity contribution in [1.82, 2.24) is 4.90 Å². The molecular weight excluding hydrogens is 799 g/mol. The van der Waals surface area contributed by atoms with E-state index in [1.807, 2.05) is 0 Å². The molecule has 14 nitrogen and oxygen atoms in total. The Balaban J connectivity index is 0.851. The molecule has 62 heavy (non-hydrogen) atoms. The van der Waals surface area contributed by atoms with E-state index in [9.17, 15) is 19.5 Å². The molecule has 2 amide bonds. The number of carbonyl (C=O) groups excluding carboxylic acids is 3. The van der Waals surface area contributed by atoms with Gasteiger partial charge in [0.1, 0.15) is 36.3 Å². The van der Waals surface area contributed by atoms with Crippen molar-refractivity contribution < 1.29 is 62.1 Å². The van der Waals surface area contributed by atoms with Crippen molar-refractivity contribution in [3.8, 4) is 0 Å². The summed E-state index contributed by atoms with van der Waals surface area (Å²) in [4.78, 5) is 41.8. The molecule has 10 saturated heterocycles. The van der Waals surface area contributed by atoms with Crippen molar-refractivity contribution in [3.05, 3.63) is 59.7 Å². The van der Waals surface area contributed by atoms with Gasteiger partial charge in [0.05, 0.1) is 84.8 Å². The molecule has 11 aliphatic rings. The highest BCUT2D eigenvalue weighted by atomic mass is 16.8. The van der Waals surface area contributed by atoms with Crippen LogP contribution in [0.5, 0.6) is 0 Å². The molecule has 0 saturated carbocycles. The quantitative estimate of drug-likeness (QED) is 0.319. The Kier molecular flexibility index (Phi) is 10.9. The zero-order chi connectivity index (χ0) is 42.6. The molecule has 336 valence electrons. The number of methoxy groups -OCH3 is 1. The molecule has 1 N–H and O–H groups in total. The molecule has 12 bridgehead atoms. The molecule has 11 heterocycles. The molecular formula is C48H61NO13. The van der Waals surface area contributed by atoms with Crippen LogP contribution in [0.15, 0.2) is 48.6 Å². The first-order valence-electron chi connectivity index (χ1n) is 23.3. The fraction of sp³-hybridized carbons (Fsp3) is 0.729. The van der Waals surface area contributed by atoms with Gasteiger partial charge < -0.3 is 47.7 Å². The van der Waals surface area contributed by atoms with Gasteiger partial charge in [0.25, 0.3) is 11.8 Å². The molecule has 1 spiro atoms. The number of rotatable bonds is 5. The van der Waals surface area contributed by atoms with Crippen molar-refractivity contribution in [2.75, 3.05) is 13.7 Å². The zero-order valence-electron chi connectivity index (χ0n) is 35.8. The van der Waals surface area contributed by atoms with Crippen LogP contribution in [0.1, 0.15) is 111 Å². The fourth-order valence-electron chi connectivity index (χ4n) is 12.9. The molecule has 14 heteroatoms. The Morgan fingerprint density at radius 2 is 1.47 bits per heavy atom. The maximum absolute atomic E-state index is 14.3. The third-order valence-electron chi connectivity index (χ3n) is 16.0. The van der Waals surface area contributed by atoms with Gasteiger partial charge in [0.2, 0.25) is 0 Å². The van der Waals surface area contributed by atoms with Crippen LogP contribution in [-0.4, -0.2) is 145 Å². The van der Waals surface area contributed by atoms with E-state index in [1.54, 1.807) is 31.4 Å². The number of Topliss-reactive ketones (excluding diaryl/α,β-unsaturated/α-hetero) is 1. The van der Waals surface area contributed by atoms with Gasteiger partial charge in [-0.1, -0.05) is 32.2 Å². The van der Waals surface area contributed by atoms with Crippen LogP contribution in [0.4, 0.5) is 0 Å². The maximum atomic E-state index is 14.3. The highest BCUT2D eigenvalue weighted by molar-refractivity contribution is 6.21. The Labute approximate surface area is 362 Å². The lowest BCUT2D eigenvalue weighted by Crippen LogP contribution is -2.61. The van der Waals surface area contributed by atoms with Crippen molar-refractivity contribution in [3.63, 3.8) is 0 Å². The lowest BCUT2D eigenvalue weighted by Gasteiger charge is -2.47. The van der Waals surface area contributed by atoms with Gasteiger partial charge in [-0.2, -0.15) is 0 Å². The lowest BCUT2D eigenvalue weighted by atomic mass is 9.81. The maximum Gasteiger partial charge on any atom is 0.261 e. The highest BCUT2D eigenvalue weighted by Gasteiger charge is 2.69. The van der Waals surface area contributed by atoms with Crippen LogP contribution >= 0.6 is 0 Å². The number of aliphatic hydroxyl groups is 1. The van der Waals surface area contributed by atoms with E-state index in [0.29, 0.717) is 36.8 Å². The molecule has 10 fully saturated rings. The number of ketones is 1. The van der Waals surface area contributed by atoms with E-state index < -0.39 is 48.1 Å². The van der Waals surface area contributed by atoms with Crippen LogP contribution in [0.3, 0.4) is 0 Å².